The van der Waals surface area contributed by atoms with Crippen LogP contribution in [0.25, 0.3) is 0 Å². The van der Waals surface area contributed by atoms with Gasteiger partial charge in [0.2, 0.25) is 0 Å². The van der Waals surface area contributed by atoms with Crippen LogP contribution in [-0.2, 0) is 0 Å². The minimum Gasteiger partial charge on any atom is -0.351 e. The van der Waals surface area contributed by atoms with E-state index in [1.54, 1.807) is 6.07 Å². The minimum atomic E-state index is -0.433. The lowest BCUT2D eigenvalue weighted by Gasteiger charge is -2.22. The molecule has 0 aromatic heterocycles. The van der Waals surface area contributed by atoms with Crippen LogP contribution in [-0.4, -0.2) is 17.3 Å². The predicted molar refractivity (Wildman–Crippen MR) is 83.2 cm³/mol. The molecule has 106 valence electrons. The number of benzene rings is 1. The first-order chi connectivity index (χ1) is 8.70. The van der Waals surface area contributed by atoms with E-state index in [2.05, 4.69) is 57.9 Å². The second-order valence-electron chi connectivity index (χ2n) is 5.67. The maximum atomic E-state index is 13.3. The molecule has 1 aromatic rings. The van der Waals surface area contributed by atoms with E-state index in [4.69, 9.17) is 0 Å². The Bertz CT molecular complexity index is 457. The third kappa shape index (κ3) is 5.61. The Morgan fingerprint density at radius 2 is 2.05 bits per heavy atom. The number of hydrogen-bond donors (Lipinski definition) is 1. The summed E-state index contributed by atoms with van der Waals surface area (Å²) in [6.07, 6.45) is 0.942. The molecule has 0 fully saturated rings. The first-order valence-electron chi connectivity index (χ1n) is 6.07. The average Bonchev–Trinajstić information content (AvgIpc) is 2.27. The van der Waals surface area contributed by atoms with Gasteiger partial charge in [0, 0.05) is 11.4 Å². The Kier molecular flexibility index (Phi) is 5.99. The average molecular weight is 395 g/mol. The molecule has 0 spiro atoms. The molecule has 2 nitrogen and oxygen atoms in total. The lowest BCUT2D eigenvalue weighted by Crippen LogP contribution is -2.31. The fourth-order valence-corrected chi connectivity index (χ4v) is 3.29. The maximum Gasteiger partial charge on any atom is 0.252 e. The number of amides is 1. The van der Waals surface area contributed by atoms with Crippen LogP contribution in [0.2, 0.25) is 0 Å². The van der Waals surface area contributed by atoms with Gasteiger partial charge in [-0.05, 0) is 39.9 Å². The van der Waals surface area contributed by atoms with E-state index in [1.165, 1.54) is 12.1 Å². The first kappa shape index (κ1) is 16.6. The highest BCUT2D eigenvalue weighted by molar-refractivity contribution is 9.10. The van der Waals surface area contributed by atoms with E-state index in [0.29, 0.717) is 12.1 Å². The fourth-order valence-electron chi connectivity index (χ4n) is 1.71. The third-order valence-electron chi connectivity index (χ3n) is 2.51. The van der Waals surface area contributed by atoms with Crippen molar-refractivity contribution in [3.05, 3.63) is 34.1 Å². The van der Waals surface area contributed by atoms with Crippen LogP contribution in [0, 0.1) is 11.2 Å². The van der Waals surface area contributed by atoms with E-state index in [1.807, 2.05) is 0 Å². The summed E-state index contributed by atoms with van der Waals surface area (Å²) in [5.41, 5.74) is 0.508. The topological polar surface area (TPSA) is 29.1 Å². The second kappa shape index (κ2) is 6.84. The highest BCUT2D eigenvalue weighted by Crippen LogP contribution is 2.24. The molecule has 1 unspecified atom stereocenters. The van der Waals surface area contributed by atoms with Crippen molar-refractivity contribution in [2.45, 2.75) is 32.0 Å². The fraction of sp³-hybridized carbons (Fsp3) is 0.500. The normalized spacial score (nSPS) is 13.2. The SMILES string of the molecule is CC(C)(C)CC(Br)CNC(=O)c1cccc(F)c1Br. The molecule has 19 heavy (non-hydrogen) atoms. The molecule has 0 bridgehead atoms. The highest BCUT2D eigenvalue weighted by atomic mass is 79.9. The molecule has 0 saturated carbocycles. The number of halogens is 3. The summed E-state index contributed by atoms with van der Waals surface area (Å²) in [5, 5.41) is 2.81. The zero-order chi connectivity index (χ0) is 14.6. The third-order valence-corrected chi connectivity index (χ3v) is 3.97. The Hall–Kier alpha value is -0.420. The Balaban J connectivity index is 2.59. The van der Waals surface area contributed by atoms with Crippen molar-refractivity contribution in [1.82, 2.24) is 5.32 Å². The Morgan fingerprint density at radius 3 is 2.63 bits per heavy atom. The molecule has 1 atom stereocenters. The number of rotatable bonds is 4. The summed E-state index contributed by atoms with van der Waals surface area (Å²) < 4.78 is 13.5. The minimum absolute atomic E-state index is 0.193. The second-order valence-corrected chi connectivity index (χ2v) is 7.76. The van der Waals surface area contributed by atoms with Gasteiger partial charge < -0.3 is 5.32 Å². The van der Waals surface area contributed by atoms with Gasteiger partial charge in [0.1, 0.15) is 5.82 Å². The van der Waals surface area contributed by atoms with Crippen LogP contribution in [0.4, 0.5) is 4.39 Å². The van der Waals surface area contributed by atoms with Crippen LogP contribution in [0.1, 0.15) is 37.6 Å². The molecular formula is C14H18Br2FNO. The lowest BCUT2D eigenvalue weighted by atomic mass is 9.90. The van der Waals surface area contributed by atoms with E-state index in [-0.39, 0.29) is 20.6 Å². The zero-order valence-corrected chi connectivity index (χ0v) is 14.4. The summed E-state index contributed by atoms with van der Waals surface area (Å²) in [5.74, 6) is -0.706. The van der Waals surface area contributed by atoms with Crippen molar-refractivity contribution in [1.29, 1.82) is 0 Å². The van der Waals surface area contributed by atoms with Gasteiger partial charge in [-0.2, -0.15) is 0 Å². The van der Waals surface area contributed by atoms with E-state index in [9.17, 15) is 9.18 Å². The molecule has 1 rings (SSSR count). The molecule has 5 heteroatoms. The molecule has 0 aliphatic rings. The number of carbonyl (C=O) groups excluding carboxylic acids is 1. The molecule has 0 heterocycles. The smallest absolute Gasteiger partial charge is 0.252 e. The molecule has 0 saturated heterocycles. The van der Waals surface area contributed by atoms with Gasteiger partial charge in [-0.3, -0.25) is 4.79 Å². The summed E-state index contributed by atoms with van der Waals surface area (Å²) in [7, 11) is 0. The molecule has 0 radical (unpaired) electrons. The zero-order valence-electron chi connectivity index (χ0n) is 11.3. The highest BCUT2D eigenvalue weighted by Gasteiger charge is 2.18. The quantitative estimate of drug-likeness (QED) is 0.747. The summed E-state index contributed by atoms with van der Waals surface area (Å²) in [6.45, 7) is 6.95. The summed E-state index contributed by atoms with van der Waals surface area (Å²) in [6, 6.07) is 4.43. The van der Waals surface area contributed by atoms with Crippen molar-refractivity contribution in [3.63, 3.8) is 0 Å². The standard InChI is InChI=1S/C14H18Br2FNO/c1-14(2,3)7-9(15)8-18-13(19)10-5-4-6-11(17)12(10)16/h4-6,9H,7-8H2,1-3H3,(H,18,19). The molecule has 0 aliphatic carbocycles. The van der Waals surface area contributed by atoms with Crippen molar-refractivity contribution in [3.8, 4) is 0 Å². The van der Waals surface area contributed by atoms with Crippen molar-refractivity contribution >= 4 is 37.8 Å². The predicted octanol–water partition coefficient (Wildman–Crippen LogP) is 4.52. The monoisotopic (exact) mass is 393 g/mol. The summed E-state index contributed by atoms with van der Waals surface area (Å²) in [4.78, 5) is 12.2. The van der Waals surface area contributed by atoms with Crippen molar-refractivity contribution in [2.75, 3.05) is 6.54 Å². The van der Waals surface area contributed by atoms with E-state index >= 15 is 0 Å². The molecule has 1 amide bonds. The maximum absolute atomic E-state index is 13.3. The van der Waals surface area contributed by atoms with Gasteiger partial charge in [-0.1, -0.05) is 42.8 Å². The van der Waals surface area contributed by atoms with E-state index < -0.39 is 5.82 Å². The molecular weight excluding hydrogens is 377 g/mol. The van der Waals surface area contributed by atoms with E-state index in [0.717, 1.165) is 6.42 Å². The number of carbonyl (C=O) groups is 1. The first-order valence-corrected chi connectivity index (χ1v) is 7.78. The van der Waals surface area contributed by atoms with Crippen LogP contribution in [0.3, 0.4) is 0 Å². The van der Waals surface area contributed by atoms with Crippen LogP contribution < -0.4 is 5.32 Å². The molecule has 1 N–H and O–H groups in total. The van der Waals surface area contributed by atoms with Crippen molar-refractivity contribution in [2.24, 2.45) is 5.41 Å². The van der Waals surface area contributed by atoms with Gasteiger partial charge in [-0.25, -0.2) is 4.39 Å². The van der Waals surface area contributed by atoms with Gasteiger partial charge in [0.05, 0.1) is 10.0 Å². The number of hydrogen-bond acceptors (Lipinski definition) is 1. The Labute approximate surface area is 130 Å². The van der Waals surface area contributed by atoms with Gasteiger partial charge in [0.25, 0.3) is 5.91 Å². The van der Waals surface area contributed by atoms with Crippen molar-refractivity contribution < 1.29 is 9.18 Å². The molecule has 0 aliphatic heterocycles. The molecule has 1 aromatic carbocycles. The van der Waals surface area contributed by atoms with Gasteiger partial charge >= 0.3 is 0 Å². The summed E-state index contributed by atoms with van der Waals surface area (Å²) >= 11 is 6.64. The largest absolute Gasteiger partial charge is 0.351 e. The van der Waals surface area contributed by atoms with Crippen LogP contribution in [0.15, 0.2) is 22.7 Å². The number of nitrogens with one attached hydrogen (secondary N) is 1. The lowest BCUT2D eigenvalue weighted by molar-refractivity contribution is 0.0951. The Morgan fingerprint density at radius 1 is 1.42 bits per heavy atom. The van der Waals surface area contributed by atoms with Gasteiger partial charge in [-0.15, -0.1) is 0 Å². The van der Waals surface area contributed by atoms with Crippen LogP contribution >= 0.6 is 31.9 Å². The van der Waals surface area contributed by atoms with Crippen LogP contribution in [0.5, 0.6) is 0 Å². The number of alkyl halides is 1. The van der Waals surface area contributed by atoms with Gasteiger partial charge in [0.15, 0.2) is 0 Å².